The molecule has 0 N–H and O–H groups in total. The second-order valence-corrected chi connectivity index (χ2v) is 6.63. The van der Waals surface area contributed by atoms with E-state index < -0.39 is 0 Å². The molecule has 0 aromatic heterocycles. The van der Waals surface area contributed by atoms with E-state index >= 15 is 0 Å². The summed E-state index contributed by atoms with van der Waals surface area (Å²) in [6.07, 6.45) is 2.25. The van der Waals surface area contributed by atoms with E-state index in [0.29, 0.717) is 11.1 Å². The number of carbonyl (C=O) groups excluding carboxylic acids is 2. The van der Waals surface area contributed by atoms with Gasteiger partial charge in [-0.1, -0.05) is 48.0 Å². The number of aryl methyl sites for hydroxylation is 1. The molecule has 0 atom stereocenters. The Balaban J connectivity index is 1.61. The fraction of sp³-hybridized carbons (Fsp3) is 0.333. The molecule has 25 heavy (non-hydrogen) atoms. The molecule has 0 aliphatic heterocycles. The van der Waals surface area contributed by atoms with Crippen molar-refractivity contribution in [3.05, 3.63) is 71.0 Å². The van der Waals surface area contributed by atoms with Crippen LogP contribution >= 0.6 is 0 Å². The zero-order valence-electron chi connectivity index (χ0n) is 14.4. The van der Waals surface area contributed by atoms with Crippen LogP contribution < -0.4 is 0 Å². The molecule has 0 bridgehead atoms. The van der Waals surface area contributed by atoms with Gasteiger partial charge in [-0.25, -0.2) is 4.39 Å². The Labute approximate surface area is 147 Å². The fourth-order valence-electron chi connectivity index (χ4n) is 2.87. The van der Waals surface area contributed by atoms with Crippen molar-refractivity contribution >= 4 is 11.7 Å². The van der Waals surface area contributed by atoms with Crippen molar-refractivity contribution in [3.8, 4) is 0 Å². The van der Waals surface area contributed by atoms with E-state index in [2.05, 4.69) is 0 Å². The van der Waals surface area contributed by atoms with Crippen LogP contribution in [0.2, 0.25) is 0 Å². The van der Waals surface area contributed by atoms with Gasteiger partial charge in [-0.3, -0.25) is 9.59 Å². The molecular weight excluding hydrogens is 317 g/mol. The van der Waals surface area contributed by atoms with Gasteiger partial charge in [0.15, 0.2) is 5.78 Å². The van der Waals surface area contributed by atoms with Gasteiger partial charge in [-0.15, -0.1) is 0 Å². The van der Waals surface area contributed by atoms with Crippen molar-refractivity contribution in [2.45, 2.75) is 45.2 Å². The van der Waals surface area contributed by atoms with Crippen LogP contribution in [0, 0.1) is 12.7 Å². The lowest BCUT2D eigenvalue weighted by atomic mass is 10.0. The molecule has 0 unspecified atom stereocenters. The summed E-state index contributed by atoms with van der Waals surface area (Å²) in [6.45, 7) is 2.24. The summed E-state index contributed by atoms with van der Waals surface area (Å²) in [5.41, 5.74) is 2.25. The minimum Gasteiger partial charge on any atom is -0.335 e. The van der Waals surface area contributed by atoms with Crippen molar-refractivity contribution in [2.75, 3.05) is 0 Å². The Morgan fingerprint density at radius 3 is 2.36 bits per heavy atom. The third-order valence-corrected chi connectivity index (χ3v) is 4.55. The van der Waals surface area contributed by atoms with Gasteiger partial charge in [0.2, 0.25) is 5.91 Å². The van der Waals surface area contributed by atoms with Crippen LogP contribution in [0.5, 0.6) is 0 Å². The number of nitrogens with zero attached hydrogens (tertiary/aromatic N) is 1. The average molecular weight is 339 g/mol. The molecule has 0 heterocycles. The quantitative estimate of drug-likeness (QED) is 0.706. The summed E-state index contributed by atoms with van der Waals surface area (Å²) in [7, 11) is 0. The maximum Gasteiger partial charge on any atom is 0.223 e. The number of benzene rings is 2. The first-order chi connectivity index (χ1) is 12.0. The molecule has 2 aromatic rings. The third-order valence-electron chi connectivity index (χ3n) is 4.55. The van der Waals surface area contributed by atoms with Crippen LogP contribution in [-0.2, 0) is 11.3 Å². The van der Waals surface area contributed by atoms with E-state index in [1.54, 1.807) is 35.2 Å². The number of halogens is 1. The maximum atomic E-state index is 13.9. The SMILES string of the molecule is Cc1ccc(C(=O)CCC(=O)N(Cc2ccccc2F)C2CC2)cc1. The highest BCUT2D eigenvalue weighted by Crippen LogP contribution is 2.29. The van der Waals surface area contributed by atoms with Crippen LogP contribution in [0.25, 0.3) is 0 Å². The molecule has 130 valence electrons. The molecule has 3 rings (SSSR count). The molecule has 0 radical (unpaired) electrons. The number of hydrogen-bond donors (Lipinski definition) is 0. The van der Waals surface area contributed by atoms with E-state index in [4.69, 9.17) is 0 Å². The first-order valence-corrected chi connectivity index (χ1v) is 8.67. The monoisotopic (exact) mass is 339 g/mol. The molecule has 4 heteroatoms. The first-order valence-electron chi connectivity index (χ1n) is 8.67. The molecule has 1 aliphatic rings. The maximum absolute atomic E-state index is 13.9. The van der Waals surface area contributed by atoms with Crippen molar-refractivity contribution < 1.29 is 14.0 Å². The third kappa shape index (κ3) is 4.53. The number of hydrogen-bond acceptors (Lipinski definition) is 2. The normalized spacial score (nSPS) is 13.5. The lowest BCUT2D eigenvalue weighted by molar-refractivity contribution is -0.132. The van der Waals surface area contributed by atoms with E-state index in [1.165, 1.54) is 6.07 Å². The predicted molar refractivity (Wildman–Crippen MR) is 94.7 cm³/mol. The number of carbonyl (C=O) groups is 2. The lowest BCUT2D eigenvalue weighted by Crippen LogP contribution is -2.33. The summed E-state index contributed by atoms with van der Waals surface area (Å²) >= 11 is 0. The van der Waals surface area contributed by atoms with E-state index in [1.807, 2.05) is 19.1 Å². The highest BCUT2D eigenvalue weighted by atomic mass is 19.1. The Hall–Kier alpha value is -2.49. The van der Waals surface area contributed by atoms with Crippen molar-refractivity contribution in [3.63, 3.8) is 0 Å². The van der Waals surface area contributed by atoms with Gasteiger partial charge < -0.3 is 4.90 Å². The van der Waals surface area contributed by atoms with Gasteiger partial charge in [0.05, 0.1) is 0 Å². The minimum absolute atomic E-state index is 0.0324. The molecule has 1 saturated carbocycles. The summed E-state index contributed by atoms with van der Waals surface area (Å²) in [4.78, 5) is 26.6. The number of ketones is 1. The van der Waals surface area contributed by atoms with E-state index in [9.17, 15) is 14.0 Å². The van der Waals surface area contributed by atoms with Crippen molar-refractivity contribution in [1.29, 1.82) is 0 Å². The fourth-order valence-corrected chi connectivity index (χ4v) is 2.87. The molecule has 1 fully saturated rings. The van der Waals surface area contributed by atoms with Crippen molar-refractivity contribution in [1.82, 2.24) is 4.90 Å². The molecular formula is C21H22FNO2. The van der Waals surface area contributed by atoms with Crippen LogP contribution in [0.4, 0.5) is 4.39 Å². The zero-order chi connectivity index (χ0) is 17.8. The van der Waals surface area contributed by atoms with Crippen LogP contribution in [0.15, 0.2) is 48.5 Å². The number of rotatable bonds is 7. The van der Waals surface area contributed by atoms with Gasteiger partial charge in [0.1, 0.15) is 5.82 Å². The Kier molecular flexibility index (Phi) is 5.27. The molecule has 1 amide bonds. The van der Waals surface area contributed by atoms with Gasteiger partial charge in [-0.2, -0.15) is 0 Å². The predicted octanol–water partition coefficient (Wildman–Crippen LogP) is 4.29. The minimum atomic E-state index is -0.295. The molecule has 0 saturated heterocycles. The summed E-state index contributed by atoms with van der Waals surface area (Å²) in [5.74, 6) is -0.405. The highest BCUT2D eigenvalue weighted by molar-refractivity contribution is 5.98. The summed E-state index contributed by atoms with van der Waals surface area (Å²) in [6, 6.07) is 14.1. The first kappa shape index (κ1) is 17.3. The van der Waals surface area contributed by atoms with Gasteiger partial charge in [0.25, 0.3) is 0 Å². The molecule has 1 aliphatic carbocycles. The second-order valence-electron chi connectivity index (χ2n) is 6.63. The van der Waals surface area contributed by atoms with E-state index in [-0.39, 0.29) is 42.9 Å². The highest BCUT2D eigenvalue weighted by Gasteiger charge is 2.32. The van der Waals surface area contributed by atoms with E-state index in [0.717, 1.165) is 18.4 Å². The average Bonchev–Trinajstić information content (AvgIpc) is 3.44. The van der Waals surface area contributed by atoms with Crippen LogP contribution in [0.1, 0.15) is 47.2 Å². The van der Waals surface area contributed by atoms with Gasteiger partial charge >= 0.3 is 0 Å². The smallest absolute Gasteiger partial charge is 0.223 e. The molecule has 3 nitrogen and oxygen atoms in total. The Morgan fingerprint density at radius 2 is 1.72 bits per heavy atom. The summed E-state index contributed by atoms with van der Waals surface area (Å²) < 4.78 is 13.9. The Bertz CT molecular complexity index is 766. The second kappa shape index (κ2) is 7.60. The molecule has 0 spiro atoms. The van der Waals surface area contributed by atoms with Crippen LogP contribution in [-0.4, -0.2) is 22.6 Å². The topological polar surface area (TPSA) is 37.4 Å². The zero-order valence-corrected chi connectivity index (χ0v) is 14.4. The molecule has 2 aromatic carbocycles. The number of Topliss-reactive ketones (excluding diaryl/α,β-unsaturated/α-hetero) is 1. The van der Waals surface area contributed by atoms with Gasteiger partial charge in [-0.05, 0) is 25.8 Å². The number of amides is 1. The summed E-state index contributed by atoms with van der Waals surface area (Å²) in [5, 5.41) is 0. The lowest BCUT2D eigenvalue weighted by Gasteiger charge is -2.23. The van der Waals surface area contributed by atoms with Crippen LogP contribution in [0.3, 0.4) is 0 Å². The Morgan fingerprint density at radius 1 is 1.04 bits per heavy atom. The van der Waals surface area contributed by atoms with Crippen molar-refractivity contribution in [2.24, 2.45) is 0 Å². The largest absolute Gasteiger partial charge is 0.335 e. The standard InChI is InChI=1S/C21H22FNO2/c1-15-6-8-16(9-7-15)20(24)12-13-21(25)23(18-10-11-18)14-17-4-2-3-5-19(17)22/h2-9,18H,10-14H2,1H3. The van der Waals surface area contributed by atoms with Gasteiger partial charge in [0, 0.05) is 36.6 Å².